The minimum Gasteiger partial charge on any atom is -0.479 e. The maximum Gasteiger partial charge on any atom is 0.340 e. The van der Waals surface area contributed by atoms with Gasteiger partial charge in [-0.3, -0.25) is 9.59 Å². The molecule has 6 nitrogen and oxygen atoms in total. The van der Waals surface area contributed by atoms with Crippen molar-refractivity contribution in [3.63, 3.8) is 0 Å². The molecule has 270 valence electrons. The largest absolute Gasteiger partial charge is 0.479 e. The lowest BCUT2D eigenvalue weighted by Gasteiger charge is -2.35. The minimum atomic E-state index is -2.22. The quantitative estimate of drug-likeness (QED) is 0.0303. The summed E-state index contributed by atoms with van der Waals surface area (Å²) >= 11 is 0. The summed E-state index contributed by atoms with van der Waals surface area (Å²) < 4.78 is 0.914. The Labute approximate surface area is 286 Å². The third-order valence-electron chi connectivity index (χ3n) is 9.38. The molecular weight excluding hydrogens is 593 g/mol. The van der Waals surface area contributed by atoms with Gasteiger partial charge in [-0.25, -0.2) is 4.79 Å². The molecule has 7 heteroatoms. The molecule has 0 aliphatic heterocycles. The Morgan fingerprint density at radius 2 is 0.870 bits per heavy atom. The van der Waals surface area contributed by atoms with Gasteiger partial charge in [0.05, 0.1) is 6.61 Å². The zero-order chi connectivity index (χ0) is 34.1. The number of carboxylic acid groups (broad SMARTS) is 1. The molecule has 0 radical (unpaired) electrons. The van der Waals surface area contributed by atoms with Crippen LogP contribution in [-0.4, -0.2) is 44.7 Å². The van der Waals surface area contributed by atoms with E-state index in [2.05, 4.69) is 35.4 Å². The van der Waals surface area contributed by atoms with E-state index in [4.69, 9.17) is 0 Å². The third-order valence-corrected chi connectivity index (χ3v) is 10.1. The maximum atomic E-state index is 13.1. The standard InChI is InChI=1S/C39H74NO5P/c1-3-5-7-9-11-13-15-17-19-21-23-25-27-29-31-33-36(42)39(35-41,38(44)45)40(46)37(43)34-32-30-28-26-24-22-20-18-16-14-12-10-8-6-4-2/h18,20,41H,3-17,19,21-35,46H2,1-2H3,(H,44,45)/b20-18-. The van der Waals surface area contributed by atoms with Crippen molar-refractivity contribution in [1.82, 2.24) is 4.67 Å². The Morgan fingerprint density at radius 1 is 0.543 bits per heavy atom. The van der Waals surface area contributed by atoms with Crippen LogP contribution in [-0.2, 0) is 14.4 Å². The number of aliphatic hydroxyl groups excluding tert-OH is 1. The summed E-state index contributed by atoms with van der Waals surface area (Å²) in [7, 11) is 2.12. The molecule has 0 saturated carbocycles. The van der Waals surface area contributed by atoms with Crippen LogP contribution in [0.15, 0.2) is 12.2 Å². The van der Waals surface area contributed by atoms with Crippen LogP contribution in [0, 0.1) is 0 Å². The number of aliphatic hydroxyl groups is 1. The van der Waals surface area contributed by atoms with E-state index >= 15 is 0 Å². The summed E-state index contributed by atoms with van der Waals surface area (Å²) in [6, 6.07) is 0. The van der Waals surface area contributed by atoms with Crippen molar-refractivity contribution < 1.29 is 24.6 Å². The molecule has 0 heterocycles. The molecule has 0 saturated heterocycles. The third kappa shape index (κ3) is 22.3. The Balaban J connectivity index is 4.11. The highest BCUT2D eigenvalue weighted by atomic mass is 31.0. The number of Topliss-reactive ketones (excluding diaryl/α,β-unsaturated/α-hetero) is 1. The van der Waals surface area contributed by atoms with Crippen LogP contribution < -0.4 is 0 Å². The molecule has 0 aromatic rings. The minimum absolute atomic E-state index is 0.0523. The van der Waals surface area contributed by atoms with E-state index in [9.17, 15) is 24.6 Å². The molecule has 0 bridgehead atoms. The van der Waals surface area contributed by atoms with Gasteiger partial charge in [0.2, 0.25) is 11.4 Å². The number of nitrogens with zero attached hydrogens (tertiary/aromatic N) is 1. The van der Waals surface area contributed by atoms with E-state index in [0.717, 1.165) is 56.0 Å². The summed E-state index contributed by atoms with van der Waals surface area (Å²) in [6.45, 7) is 3.59. The van der Waals surface area contributed by atoms with Gasteiger partial charge in [0.15, 0.2) is 5.78 Å². The zero-order valence-electron chi connectivity index (χ0n) is 30.2. The normalized spacial score (nSPS) is 12.9. The van der Waals surface area contributed by atoms with Crippen molar-refractivity contribution in [1.29, 1.82) is 0 Å². The number of ketones is 1. The van der Waals surface area contributed by atoms with Gasteiger partial charge >= 0.3 is 5.97 Å². The molecule has 0 rings (SSSR count). The molecule has 0 aromatic heterocycles. The van der Waals surface area contributed by atoms with Gasteiger partial charge in [-0.05, 0) is 47.9 Å². The van der Waals surface area contributed by atoms with Crippen molar-refractivity contribution in [2.24, 2.45) is 0 Å². The summed E-state index contributed by atoms with van der Waals surface area (Å²) in [5, 5.41) is 20.0. The Bertz CT molecular complexity index is 773. The molecular formula is C39H74NO5P. The van der Waals surface area contributed by atoms with Gasteiger partial charge in [-0.1, -0.05) is 167 Å². The molecule has 2 atom stereocenters. The second kappa shape index (κ2) is 32.3. The van der Waals surface area contributed by atoms with E-state index in [-0.39, 0.29) is 12.8 Å². The van der Waals surface area contributed by atoms with E-state index in [1.165, 1.54) is 116 Å². The van der Waals surface area contributed by atoms with Gasteiger partial charge in [0.1, 0.15) is 0 Å². The number of carbonyl (C=O) groups excluding carboxylic acids is 2. The zero-order valence-corrected chi connectivity index (χ0v) is 31.4. The number of hydrogen-bond donors (Lipinski definition) is 2. The van der Waals surface area contributed by atoms with Gasteiger partial charge in [0.25, 0.3) is 0 Å². The van der Waals surface area contributed by atoms with E-state index < -0.39 is 29.8 Å². The highest BCUT2D eigenvalue weighted by Crippen LogP contribution is 2.26. The molecule has 46 heavy (non-hydrogen) atoms. The molecule has 0 spiro atoms. The number of hydrogen-bond acceptors (Lipinski definition) is 4. The fraction of sp³-hybridized carbons (Fsp3) is 0.872. The predicted octanol–water partition coefficient (Wildman–Crippen LogP) is 11.3. The molecule has 1 amide bonds. The van der Waals surface area contributed by atoms with Crippen molar-refractivity contribution in [3.05, 3.63) is 12.2 Å². The first-order valence-corrected chi connectivity index (χ1v) is 20.0. The summed E-state index contributed by atoms with van der Waals surface area (Å²) in [5.41, 5.74) is -2.22. The number of allylic oxidation sites excluding steroid dienone is 2. The number of amides is 1. The second-order valence-electron chi connectivity index (χ2n) is 13.5. The van der Waals surface area contributed by atoms with E-state index in [0.29, 0.717) is 12.8 Å². The van der Waals surface area contributed by atoms with Gasteiger partial charge < -0.3 is 14.9 Å². The van der Waals surface area contributed by atoms with Crippen molar-refractivity contribution >= 4 is 27.1 Å². The van der Waals surface area contributed by atoms with Crippen molar-refractivity contribution in [3.8, 4) is 0 Å². The fourth-order valence-electron chi connectivity index (χ4n) is 6.13. The van der Waals surface area contributed by atoms with E-state index in [1.807, 2.05) is 0 Å². The predicted molar refractivity (Wildman–Crippen MR) is 198 cm³/mol. The highest BCUT2D eigenvalue weighted by Gasteiger charge is 2.50. The SMILES string of the molecule is CCCCCCCC/C=C\CCCCCCCC(=O)N(P)C(CO)(C(=O)O)C(=O)CCCCCCCCCCCCCCCCC. The average Bonchev–Trinajstić information content (AvgIpc) is 3.04. The number of rotatable bonds is 35. The lowest BCUT2D eigenvalue weighted by atomic mass is 9.90. The Morgan fingerprint density at radius 3 is 1.22 bits per heavy atom. The topological polar surface area (TPSA) is 94.9 Å². The summed E-state index contributed by atoms with van der Waals surface area (Å²) in [6.07, 6.45) is 38.0. The first-order chi connectivity index (χ1) is 22.4. The molecule has 0 aliphatic rings. The van der Waals surface area contributed by atoms with Crippen LogP contribution >= 0.6 is 9.39 Å². The van der Waals surface area contributed by atoms with Gasteiger partial charge in [0, 0.05) is 12.8 Å². The average molecular weight is 668 g/mol. The van der Waals surface area contributed by atoms with Crippen molar-refractivity contribution in [2.45, 2.75) is 212 Å². The maximum absolute atomic E-state index is 13.1. The van der Waals surface area contributed by atoms with Crippen molar-refractivity contribution in [2.75, 3.05) is 6.61 Å². The van der Waals surface area contributed by atoms with Crippen LogP contribution in [0.25, 0.3) is 0 Å². The smallest absolute Gasteiger partial charge is 0.340 e. The van der Waals surface area contributed by atoms with E-state index in [1.54, 1.807) is 0 Å². The van der Waals surface area contributed by atoms with Gasteiger partial charge in [-0.2, -0.15) is 0 Å². The van der Waals surface area contributed by atoms with Crippen LogP contribution in [0.4, 0.5) is 0 Å². The number of carboxylic acids is 1. The second-order valence-corrected chi connectivity index (χ2v) is 14.1. The highest BCUT2D eigenvalue weighted by molar-refractivity contribution is 7.15. The summed E-state index contributed by atoms with van der Waals surface area (Å²) in [4.78, 5) is 38.2. The molecule has 2 unspecified atom stereocenters. The number of unbranched alkanes of at least 4 members (excludes halogenated alkanes) is 25. The molecule has 0 fully saturated rings. The number of carbonyl (C=O) groups is 3. The Hall–Kier alpha value is -1.26. The lowest BCUT2D eigenvalue weighted by Crippen LogP contribution is -2.60. The first kappa shape index (κ1) is 44.7. The molecule has 2 N–H and O–H groups in total. The fourth-order valence-corrected chi connectivity index (χ4v) is 6.60. The lowest BCUT2D eigenvalue weighted by molar-refractivity contribution is -0.161. The first-order valence-electron chi connectivity index (χ1n) is 19.5. The van der Waals surface area contributed by atoms with Crippen LogP contribution in [0.2, 0.25) is 0 Å². The monoisotopic (exact) mass is 668 g/mol. The summed E-state index contributed by atoms with van der Waals surface area (Å²) in [5.74, 6) is -2.48. The molecule has 0 aromatic carbocycles. The van der Waals surface area contributed by atoms with Crippen LogP contribution in [0.1, 0.15) is 206 Å². The van der Waals surface area contributed by atoms with Crippen LogP contribution in [0.3, 0.4) is 0 Å². The van der Waals surface area contributed by atoms with Gasteiger partial charge in [-0.15, -0.1) is 0 Å². The Kier molecular flexibility index (Phi) is 31.4. The molecule has 0 aliphatic carbocycles. The van der Waals surface area contributed by atoms with Crippen LogP contribution in [0.5, 0.6) is 0 Å². The number of aliphatic carboxylic acids is 1.